The lowest BCUT2D eigenvalue weighted by Crippen LogP contribution is -2.13. The van der Waals surface area contributed by atoms with Crippen LogP contribution in [0.2, 0.25) is 0 Å². The van der Waals surface area contributed by atoms with Gasteiger partial charge in [0.05, 0.1) is 18.5 Å². The predicted molar refractivity (Wildman–Crippen MR) is 90.0 cm³/mol. The molecule has 0 saturated carbocycles. The van der Waals surface area contributed by atoms with Crippen LogP contribution in [0, 0.1) is 0 Å². The maximum absolute atomic E-state index is 12.0. The summed E-state index contributed by atoms with van der Waals surface area (Å²) in [7, 11) is 1.55. The Balaban J connectivity index is 0.00000264. The molecule has 3 N–H and O–H groups in total. The number of anilines is 2. The van der Waals surface area contributed by atoms with Gasteiger partial charge in [-0.1, -0.05) is 19.0 Å². The summed E-state index contributed by atoms with van der Waals surface area (Å²) in [6.07, 6.45) is 0.617. The molecule has 0 atom stereocenters. The number of carbonyl (C=O) groups is 1. The molecule has 2 aromatic rings. The van der Waals surface area contributed by atoms with Crippen LogP contribution in [0.1, 0.15) is 37.9 Å². The number of aromatic nitrogens is 2. The number of benzene rings is 1. The molecule has 0 radical (unpaired) electrons. The molecule has 0 fully saturated rings. The molecule has 0 saturated heterocycles. The number of nitrogens with two attached hydrogens (primary N) is 1. The largest absolute Gasteiger partial charge is 0.497 e. The van der Waals surface area contributed by atoms with Gasteiger partial charge in [-0.3, -0.25) is 4.79 Å². The molecule has 0 spiro atoms. The highest BCUT2D eigenvalue weighted by atomic mass is 35.5. The van der Waals surface area contributed by atoms with Gasteiger partial charge in [-0.15, -0.1) is 12.4 Å². The van der Waals surface area contributed by atoms with E-state index in [1.807, 2.05) is 13.8 Å². The predicted octanol–water partition coefficient (Wildman–Crippen LogP) is 2.78. The van der Waals surface area contributed by atoms with Crippen molar-refractivity contribution in [2.24, 2.45) is 0 Å². The van der Waals surface area contributed by atoms with Crippen LogP contribution in [0.5, 0.6) is 5.75 Å². The quantitative estimate of drug-likeness (QED) is 0.784. The van der Waals surface area contributed by atoms with E-state index in [2.05, 4.69) is 15.5 Å². The molecular weight excluding hydrogens is 320 g/mol. The zero-order chi connectivity index (χ0) is 16.1. The van der Waals surface area contributed by atoms with Crippen LogP contribution in [-0.2, 0) is 11.2 Å². The molecular formula is C15H21ClN4O3. The van der Waals surface area contributed by atoms with Crippen molar-refractivity contribution in [3.63, 3.8) is 0 Å². The fourth-order valence-electron chi connectivity index (χ4n) is 1.81. The molecule has 2 rings (SSSR count). The van der Waals surface area contributed by atoms with Crippen LogP contribution >= 0.6 is 12.4 Å². The minimum absolute atomic E-state index is 0. The fourth-order valence-corrected chi connectivity index (χ4v) is 1.81. The van der Waals surface area contributed by atoms with E-state index in [4.69, 9.17) is 15.0 Å². The Labute approximate surface area is 141 Å². The van der Waals surface area contributed by atoms with Crippen LogP contribution in [0.15, 0.2) is 22.7 Å². The zero-order valence-corrected chi connectivity index (χ0v) is 14.1. The molecule has 1 heterocycles. The minimum Gasteiger partial charge on any atom is -0.497 e. The molecule has 0 unspecified atom stereocenters. The van der Waals surface area contributed by atoms with E-state index in [0.29, 0.717) is 35.3 Å². The number of carbonyl (C=O) groups excluding carboxylic acids is 1. The number of nitrogen functional groups attached to an aromatic ring is 1. The SMILES string of the molecule is COc1ccc(N)c(NC(=O)CCc2nc(C(C)C)no2)c1.Cl. The van der Waals surface area contributed by atoms with Crippen molar-refractivity contribution in [3.05, 3.63) is 29.9 Å². The average molecular weight is 341 g/mol. The van der Waals surface area contributed by atoms with Crippen molar-refractivity contribution in [1.29, 1.82) is 0 Å². The third-order valence-electron chi connectivity index (χ3n) is 3.10. The Morgan fingerprint density at radius 2 is 2.17 bits per heavy atom. The van der Waals surface area contributed by atoms with Crippen LogP contribution in [0.3, 0.4) is 0 Å². The molecule has 0 aliphatic heterocycles. The van der Waals surface area contributed by atoms with Gasteiger partial charge in [0.2, 0.25) is 11.8 Å². The van der Waals surface area contributed by atoms with Crippen LogP contribution < -0.4 is 15.8 Å². The maximum Gasteiger partial charge on any atom is 0.227 e. The standard InChI is InChI=1S/C15H20N4O3.ClH/c1-9(2)15-18-14(22-19-15)7-6-13(20)17-12-8-10(21-3)4-5-11(12)16;/h4-5,8-9H,6-7,16H2,1-3H3,(H,17,20);1H. The van der Waals surface area contributed by atoms with Crippen molar-refractivity contribution in [1.82, 2.24) is 10.1 Å². The summed E-state index contributed by atoms with van der Waals surface area (Å²) in [5.74, 6) is 1.75. The summed E-state index contributed by atoms with van der Waals surface area (Å²) < 4.78 is 10.2. The first-order valence-corrected chi connectivity index (χ1v) is 7.05. The van der Waals surface area contributed by atoms with Gasteiger partial charge < -0.3 is 20.3 Å². The number of halogens is 1. The van der Waals surface area contributed by atoms with Gasteiger partial charge in [0, 0.05) is 24.8 Å². The monoisotopic (exact) mass is 340 g/mol. The van der Waals surface area contributed by atoms with Gasteiger partial charge in [0.15, 0.2) is 5.82 Å². The third kappa shape index (κ3) is 5.14. The second-order valence-electron chi connectivity index (χ2n) is 5.20. The maximum atomic E-state index is 12.0. The first-order valence-electron chi connectivity index (χ1n) is 7.05. The summed E-state index contributed by atoms with van der Waals surface area (Å²) in [6, 6.07) is 5.09. The number of hydrogen-bond acceptors (Lipinski definition) is 6. The summed E-state index contributed by atoms with van der Waals surface area (Å²) in [5.41, 5.74) is 6.83. The Morgan fingerprint density at radius 3 is 2.78 bits per heavy atom. The summed E-state index contributed by atoms with van der Waals surface area (Å²) >= 11 is 0. The highest BCUT2D eigenvalue weighted by molar-refractivity contribution is 5.94. The van der Waals surface area contributed by atoms with Crippen LogP contribution in [-0.4, -0.2) is 23.2 Å². The summed E-state index contributed by atoms with van der Waals surface area (Å²) in [6.45, 7) is 3.96. The Bertz CT molecular complexity index is 658. The van der Waals surface area contributed by atoms with Crippen molar-refractivity contribution in [3.8, 4) is 5.75 Å². The van der Waals surface area contributed by atoms with Gasteiger partial charge in [-0.05, 0) is 12.1 Å². The molecule has 126 valence electrons. The van der Waals surface area contributed by atoms with E-state index in [1.165, 1.54) is 0 Å². The highest BCUT2D eigenvalue weighted by Crippen LogP contribution is 2.24. The van der Waals surface area contributed by atoms with Crippen LogP contribution in [0.25, 0.3) is 0 Å². The first-order chi connectivity index (χ1) is 10.5. The van der Waals surface area contributed by atoms with Crippen molar-refractivity contribution in [2.75, 3.05) is 18.2 Å². The normalized spacial score (nSPS) is 10.3. The second kappa shape index (κ2) is 8.38. The van der Waals surface area contributed by atoms with Gasteiger partial charge >= 0.3 is 0 Å². The topological polar surface area (TPSA) is 103 Å². The lowest BCUT2D eigenvalue weighted by atomic mass is 10.2. The van der Waals surface area contributed by atoms with E-state index >= 15 is 0 Å². The molecule has 8 heteroatoms. The van der Waals surface area contributed by atoms with Gasteiger partial charge in [-0.25, -0.2) is 0 Å². The molecule has 1 amide bonds. The lowest BCUT2D eigenvalue weighted by Gasteiger charge is -2.09. The van der Waals surface area contributed by atoms with Gasteiger partial charge in [0.1, 0.15) is 5.75 Å². The molecule has 0 aliphatic carbocycles. The average Bonchev–Trinajstić information content (AvgIpc) is 2.96. The number of rotatable bonds is 6. The van der Waals surface area contributed by atoms with E-state index in [-0.39, 0.29) is 30.7 Å². The minimum atomic E-state index is -0.177. The Morgan fingerprint density at radius 1 is 1.43 bits per heavy atom. The van der Waals surface area contributed by atoms with Crippen molar-refractivity contribution < 1.29 is 14.1 Å². The number of aryl methyl sites for hydroxylation is 1. The van der Waals surface area contributed by atoms with E-state index in [1.54, 1.807) is 25.3 Å². The summed E-state index contributed by atoms with van der Waals surface area (Å²) in [4.78, 5) is 16.2. The van der Waals surface area contributed by atoms with E-state index in [9.17, 15) is 4.79 Å². The number of methoxy groups -OCH3 is 1. The number of ether oxygens (including phenoxy) is 1. The third-order valence-corrected chi connectivity index (χ3v) is 3.10. The first kappa shape index (κ1) is 18.8. The highest BCUT2D eigenvalue weighted by Gasteiger charge is 2.12. The number of nitrogens with one attached hydrogen (secondary N) is 1. The Hall–Kier alpha value is -2.28. The molecule has 7 nitrogen and oxygen atoms in total. The van der Waals surface area contributed by atoms with Gasteiger partial charge in [-0.2, -0.15) is 4.98 Å². The zero-order valence-electron chi connectivity index (χ0n) is 13.3. The smallest absolute Gasteiger partial charge is 0.227 e. The number of hydrogen-bond donors (Lipinski definition) is 2. The molecule has 1 aromatic carbocycles. The fraction of sp³-hybridized carbons (Fsp3) is 0.400. The lowest BCUT2D eigenvalue weighted by molar-refractivity contribution is -0.116. The molecule has 23 heavy (non-hydrogen) atoms. The molecule has 0 aliphatic rings. The van der Waals surface area contributed by atoms with E-state index < -0.39 is 0 Å². The number of amides is 1. The summed E-state index contributed by atoms with van der Waals surface area (Å²) in [5, 5.41) is 6.61. The van der Waals surface area contributed by atoms with Gasteiger partial charge in [0.25, 0.3) is 0 Å². The van der Waals surface area contributed by atoms with Crippen molar-refractivity contribution in [2.45, 2.75) is 32.6 Å². The van der Waals surface area contributed by atoms with E-state index in [0.717, 1.165) is 0 Å². The molecule has 0 bridgehead atoms. The van der Waals surface area contributed by atoms with Crippen LogP contribution in [0.4, 0.5) is 11.4 Å². The van der Waals surface area contributed by atoms with Crippen molar-refractivity contribution >= 4 is 29.7 Å². The second-order valence-corrected chi connectivity index (χ2v) is 5.20. The number of nitrogens with zero attached hydrogens (tertiary/aromatic N) is 2. The molecule has 1 aromatic heterocycles. The Kier molecular flexibility index (Phi) is 6.84.